The van der Waals surface area contributed by atoms with Gasteiger partial charge in [0, 0.05) is 43.6 Å². The topological polar surface area (TPSA) is 84.9 Å². The van der Waals surface area contributed by atoms with Crippen LogP contribution in [0.4, 0.5) is 4.79 Å². The van der Waals surface area contributed by atoms with Gasteiger partial charge in [-0.15, -0.1) is 0 Å². The van der Waals surface area contributed by atoms with Gasteiger partial charge in [0.2, 0.25) is 0 Å². The smallest absolute Gasteiger partial charge is 0.550 e. The molecule has 3 fully saturated rings. The molecule has 0 aromatic heterocycles. The molecule has 1 N–H and O–H groups in total. The molecule has 0 atom stereocenters. The van der Waals surface area contributed by atoms with E-state index in [4.69, 9.17) is 4.74 Å². The zero-order valence-electron chi connectivity index (χ0n) is 23.0. The van der Waals surface area contributed by atoms with Gasteiger partial charge in [0.1, 0.15) is 5.75 Å². The van der Waals surface area contributed by atoms with Crippen molar-refractivity contribution >= 4 is 12.0 Å². The Bertz CT molecular complexity index is 937. The number of piperidine rings is 1. The van der Waals surface area contributed by atoms with Gasteiger partial charge in [-0.1, -0.05) is 26.3 Å². The maximum atomic E-state index is 12.9. The number of carboxylic acid groups (broad SMARTS) is 1. The van der Waals surface area contributed by atoms with E-state index in [1.165, 1.54) is 16.7 Å². The molecule has 7 nitrogen and oxygen atoms in total. The Morgan fingerprint density at radius 3 is 2.39 bits per heavy atom. The van der Waals surface area contributed by atoms with Gasteiger partial charge in [-0.05, 0) is 81.5 Å². The Morgan fingerprint density at radius 1 is 1.14 bits per heavy atom. The Morgan fingerprint density at radius 2 is 1.81 bits per heavy atom. The van der Waals surface area contributed by atoms with E-state index < -0.39 is 11.4 Å². The van der Waals surface area contributed by atoms with E-state index in [9.17, 15) is 14.7 Å². The van der Waals surface area contributed by atoms with Crippen LogP contribution in [0.1, 0.15) is 82.4 Å². The molecule has 36 heavy (non-hydrogen) atoms. The van der Waals surface area contributed by atoms with E-state index in [1.54, 1.807) is 6.92 Å². The molecule has 3 aliphatic rings. The standard InChI is InChI=1S/C28H43N3O4.Na/c1-5-7-21-16-20(3)24(35-6-2)17-22(21)18-30-14-12-28(13-15-30)19-31(26(34)29-28)23-8-10-27(4,11-9-23)25(32)33;/h16-17,23H,5-15,18-19H2,1-4H3,(H,29,34)(H,32,33);/q;+1/p-1. The Labute approximate surface area is 238 Å². The number of amides is 2. The van der Waals surface area contributed by atoms with E-state index in [-0.39, 0.29) is 47.2 Å². The van der Waals surface area contributed by atoms with Crippen molar-refractivity contribution in [3.8, 4) is 5.75 Å². The number of carbonyl (C=O) groups is 2. The fraction of sp³-hybridized carbons (Fsp3) is 0.714. The average molecular weight is 508 g/mol. The first-order valence-electron chi connectivity index (χ1n) is 13.5. The third-order valence-corrected chi connectivity index (χ3v) is 8.62. The number of hydrogen-bond donors (Lipinski definition) is 1. The molecule has 1 aliphatic carbocycles. The minimum Gasteiger partial charge on any atom is -0.550 e. The van der Waals surface area contributed by atoms with Gasteiger partial charge >= 0.3 is 35.6 Å². The number of carboxylic acids is 1. The molecule has 4 rings (SSSR count). The number of aliphatic carboxylic acids is 1. The zero-order chi connectivity index (χ0) is 25.2. The summed E-state index contributed by atoms with van der Waals surface area (Å²) in [5.41, 5.74) is 3.04. The molecular formula is C28H42N3NaO4. The van der Waals surface area contributed by atoms with Crippen LogP contribution >= 0.6 is 0 Å². The normalized spacial score (nSPS) is 25.9. The van der Waals surface area contributed by atoms with Gasteiger partial charge < -0.3 is 24.9 Å². The molecule has 2 saturated heterocycles. The van der Waals surface area contributed by atoms with Crippen LogP contribution in [0.15, 0.2) is 12.1 Å². The van der Waals surface area contributed by atoms with Crippen LogP contribution in [0.25, 0.3) is 0 Å². The fourth-order valence-corrected chi connectivity index (χ4v) is 6.20. The first-order chi connectivity index (χ1) is 16.7. The number of nitrogens with one attached hydrogen (secondary N) is 1. The number of hydrogen-bond acceptors (Lipinski definition) is 5. The Kier molecular flexibility index (Phi) is 9.81. The van der Waals surface area contributed by atoms with Gasteiger partial charge in [0.25, 0.3) is 0 Å². The summed E-state index contributed by atoms with van der Waals surface area (Å²) < 4.78 is 5.88. The second kappa shape index (κ2) is 12.1. The van der Waals surface area contributed by atoms with Crippen molar-refractivity contribution in [2.75, 3.05) is 26.2 Å². The predicted molar refractivity (Wildman–Crippen MR) is 134 cm³/mol. The van der Waals surface area contributed by atoms with Crippen molar-refractivity contribution in [1.82, 2.24) is 15.1 Å². The molecule has 1 spiro atoms. The van der Waals surface area contributed by atoms with E-state index in [2.05, 4.69) is 36.2 Å². The minimum atomic E-state index is -0.963. The molecule has 0 radical (unpaired) electrons. The number of likely N-dealkylation sites (tertiary alicyclic amines) is 1. The van der Waals surface area contributed by atoms with Crippen LogP contribution < -0.4 is 44.7 Å². The number of ether oxygens (including phenoxy) is 1. The quantitative estimate of drug-likeness (QED) is 0.516. The first-order valence-corrected chi connectivity index (χ1v) is 13.5. The van der Waals surface area contributed by atoms with Gasteiger partial charge in [-0.2, -0.15) is 0 Å². The summed E-state index contributed by atoms with van der Waals surface area (Å²) in [7, 11) is 0. The monoisotopic (exact) mass is 507 g/mol. The van der Waals surface area contributed by atoms with Crippen LogP contribution in [0.5, 0.6) is 5.75 Å². The second-order valence-corrected chi connectivity index (χ2v) is 11.3. The number of nitrogens with zero attached hydrogens (tertiary/aromatic N) is 2. The summed E-state index contributed by atoms with van der Waals surface area (Å²) >= 11 is 0. The second-order valence-electron chi connectivity index (χ2n) is 11.3. The van der Waals surface area contributed by atoms with Crippen LogP contribution in [-0.2, 0) is 17.8 Å². The molecule has 194 valence electrons. The van der Waals surface area contributed by atoms with E-state index in [0.717, 1.165) is 70.5 Å². The van der Waals surface area contributed by atoms with Crippen LogP contribution in [0.2, 0.25) is 0 Å². The molecule has 8 heteroatoms. The average Bonchev–Trinajstić information content (AvgIpc) is 3.14. The van der Waals surface area contributed by atoms with Crippen molar-refractivity contribution < 1.29 is 49.0 Å². The van der Waals surface area contributed by atoms with Crippen molar-refractivity contribution in [2.45, 2.75) is 97.2 Å². The number of aryl methyl sites for hydroxylation is 2. The third kappa shape index (κ3) is 6.23. The minimum absolute atomic E-state index is 0. The van der Waals surface area contributed by atoms with E-state index in [1.807, 2.05) is 11.8 Å². The van der Waals surface area contributed by atoms with Gasteiger partial charge in [0.05, 0.1) is 12.1 Å². The Hall–Kier alpha value is -1.28. The molecule has 1 saturated carbocycles. The summed E-state index contributed by atoms with van der Waals surface area (Å²) in [5, 5.41) is 14.8. The van der Waals surface area contributed by atoms with E-state index >= 15 is 0 Å². The zero-order valence-corrected chi connectivity index (χ0v) is 25.0. The maximum absolute atomic E-state index is 12.9. The van der Waals surface area contributed by atoms with Crippen molar-refractivity contribution in [1.29, 1.82) is 0 Å². The number of urea groups is 1. The number of benzene rings is 1. The molecule has 0 unspecified atom stereocenters. The Balaban J connectivity index is 0.00000361. The summed E-state index contributed by atoms with van der Waals surface area (Å²) in [6, 6.07) is 4.67. The van der Waals surface area contributed by atoms with Crippen LogP contribution in [0, 0.1) is 12.3 Å². The van der Waals surface area contributed by atoms with Crippen molar-refractivity contribution in [3.63, 3.8) is 0 Å². The fourth-order valence-electron chi connectivity index (χ4n) is 6.20. The largest absolute Gasteiger partial charge is 1.00 e. The molecular weight excluding hydrogens is 465 g/mol. The SMILES string of the molecule is CCCc1cc(C)c(OCC)cc1CN1CCC2(CC1)CN(C1CCC(C)(C(=O)[O-])CC1)C(=O)N2.[Na+]. The third-order valence-electron chi connectivity index (χ3n) is 8.62. The van der Waals surface area contributed by atoms with Crippen LogP contribution in [0.3, 0.4) is 0 Å². The molecule has 0 bridgehead atoms. The number of carbonyl (C=O) groups excluding carboxylic acids is 2. The molecule has 2 heterocycles. The summed E-state index contributed by atoms with van der Waals surface area (Å²) in [6.45, 7) is 12.4. The van der Waals surface area contributed by atoms with Gasteiger partial charge in [0.15, 0.2) is 0 Å². The molecule has 1 aromatic rings. The molecule has 1 aromatic carbocycles. The predicted octanol–water partition coefficient (Wildman–Crippen LogP) is 0.409. The first kappa shape index (κ1) is 29.3. The van der Waals surface area contributed by atoms with Crippen LogP contribution in [-0.4, -0.2) is 59.6 Å². The molecule has 2 aliphatic heterocycles. The molecule has 2 amide bonds. The van der Waals surface area contributed by atoms with Gasteiger partial charge in [-0.25, -0.2) is 4.79 Å². The van der Waals surface area contributed by atoms with Crippen molar-refractivity contribution in [3.05, 3.63) is 28.8 Å². The number of rotatable bonds is 8. The van der Waals surface area contributed by atoms with Gasteiger partial charge in [-0.3, -0.25) is 4.90 Å². The summed E-state index contributed by atoms with van der Waals surface area (Å²) in [5.74, 6) is 0.0199. The van der Waals surface area contributed by atoms with E-state index in [0.29, 0.717) is 19.4 Å². The summed E-state index contributed by atoms with van der Waals surface area (Å²) in [6.07, 6.45) is 6.68. The van der Waals surface area contributed by atoms with Crippen molar-refractivity contribution in [2.24, 2.45) is 5.41 Å². The summed E-state index contributed by atoms with van der Waals surface area (Å²) in [4.78, 5) is 28.9. The maximum Gasteiger partial charge on any atom is 1.00 e.